The Kier molecular flexibility index (Phi) is 4.45. The molecule has 2 aromatic rings. The number of benzene rings is 1. The third-order valence-corrected chi connectivity index (χ3v) is 4.78. The van der Waals surface area contributed by atoms with E-state index in [0.29, 0.717) is 18.0 Å². The minimum absolute atomic E-state index is 0.216. The van der Waals surface area contributed by atoms with E-state index in [1.807, 2.05) is 39.0 Å². The SMILES string of the molecule is CC(C)(C)OC(=O)C1CC(c2nc3ccc(Cl)cc3s2)=CCN1. The Morgan fingerprint density at radius 1 is 1.43 bits per heavy atom. The number of nitrogens with zero attached hydrogens (tertiary/aromatic N) is 1. The molecule has 1 atom stereocenters. The second-order valence-corrected chi connectivity index (χ2v) is 8.03. The number of hydrogen-bond donors (Lipinski definition) is 1. The van der Waals surface area contributed by atoms with Crippen LogP contribution in [-0.4, -0.2) is 29.1 Å². The van der Waals surface area contributed by atoms with Crippen LogP contribution in [-0.2, 0) is 9.53 Å². The molecule has 4 nitrogen and oxygen atoms in total. The van der Waals surface area contributed by atoms with E-state index in [4.69, 9.17) is 16.3 Å². The zero-order valence-electron chi connectivity index (χ0n) is 13.4. The maximum Gasteiger partial charge on any atom is 0.324 e. The van der Waals surface area contributed by atoms with Gasteiger partial charge in [-0.25, -0.2) is 4.98 Å². The first-order chi connectivity index (χ1) is 10.8. The van der Waals surface area contributed by atoms with Crippen LogP contribution < -0.4 is 5.32 Å². The number of carbonyl (C=O) groups excluding carboxylic acids is 1. The molecule has 1 aliphatic rings. The van der Waals surface area contributed by atoms with Crippen molar-refractivity contribution in [3.63, 3.8) is 0 Å². The van der Waals surface area contributed by atoms with Crippen molar-refractivity contribution >= 4 is 44.7 Å². The van der Waals surface area contributed by atoms with Crippen LogP contribution in [0.15, 0.2) is 24.3 Å². The molecule has 122 valence electrons. The van der Waals surface area contributed by atoms with E-state index >= 15 is 0 Å². The number of halogens is 1. The lowest BCUT2D eigenvalue weighted by molar-refractivity contribution is -0.157. The molecule has 1 aromatic carbocycles. The van der Waals surface area contributed by atoms with Crippen LogP contribution in [0.3, 0.4) is 0 Å². The van der Waals surface area contributed by atoms with Gasteiger partial charge in [0, 0.05) is 18.0 Å². The molecule has 0 fully saturated rings. The van der Waals surface area contributed by atoms with Gasteiger partial charge in [-0.05, 0) is 44.5 Å². The maximum atomic E-state index is 12.3. The van der Waals surface area contributed by atoms with Gasteiger partial charge in [0.15, 0.2) is 0 Å². The van der Waals surface area contributed by atoms with E-state index in [0.717, 1.165) is 20.8 Å². The summed E-state index contributed by atoms with van der Waals surface area (Å²) < 4.78 is 6.53. The summed E-state index contributed by atoms with van der Waals surface area (Å²) in [5.41, 5.74) is 1.53. The molecule has 3 rings (SSSR count). The van der Waals surface area contributed by atoms with Crippen molar-refractivity contribution in [3.8, 4) is 0 Å². The predicted molar refractivity (Wildman–Crippen MR) is 94.9 cm³/mol. The quantitative estimate of drug-likeness (QED) is 0.830. The molecule has 0 saturated carbocycles. The van der Waals surface area contributed by atoms with Crippen LogP contribution in [0, 0.1) is 0 Å². The standard InChI is InChI=1S/C17H19ClN2O2S/c1-17(2,3)22-16(21)13-8-10(6-7-19-13)15-20-12-5-4-11(18)9-14(12)23-15/h4-6,9,13,19H,7-8H2,1-3H3. The van der Waals surface area contributed by atoms with E-state index in [1.165, 1.54) is 0 Å². The molecule has 0 bridgehead atoms. The second kappa shape index (κ2) is 6.23. The van der Waals surface area contributed by atoms with Crippen molar-refractivity contribution in [2.45, 2.75) is 38.8 Å². The van der Waals surface area contributed by atoms with Gasteiger partial charge in [-0.3, -0.25) is 4.79 Å². The molecule has 0 spiro atoms. The van der Waals surface area contributed by atoms with Crippen molar-refractivity contribution < 1.29 is 9.53 Å². The highest BCUT2D eigenvalue weighted by atomic mass is 35.5. The summed E-state index contributed by atoms with van der Waals surface area (Å²) in [4.78, 5) is 16.9. The smallest absolute Gasteiger partial charge is 0.324 e. The Labute approximate surface area is 144 Å². The van der Waals surface area contributed by atoms with Gasteiger partial charge in [0.2, 0.25) is 0 Å². The fraction of sp³-hybridized carbons (Fsp3) is 0.412. The molecule has 0 saturated heterocycles. The minimum Gasteiger partial charge on any atom is -0.459 e. The molecule has 1 unspecified atom stereocenters. The topological polar surface area (TPSA) is 51.2 Å². The van der Waals surface area contributed by atoms with Crippen molar-refractivity contribution in [1.82, 2.24) is 10.3 Å². The number of esters is 1. The molecule has 23 heavy (non-hydrogen) atoms. The van der Waals surface area contributed by atoms with E-state index in [2.05, 4.69) is 16.4 Å². The molecular weight excluding hydrogens is 332 g/mol. The molecule has 1 aromatic heterocycles. The van der Waals surface area contributed by atoms with Crippen LogP contribution in [0.1, 0.15) is 32.2 Å². The molecule has 1 aliphatic heterocycles. The Balaban J connectivity index is 1.80. The lowest BCUT2D eigenvalue weighted by Gasteiger charge is -2.26. The average molecular weight is 351 g/mol. The van der Waals surface area contributed by atoms with Crippen LogP contribution in [0.2, 0.25) is 5.02 Å². The number of hydrogen-bond acceptors (Lipinski definition) is 5. The summed E-state index contributed by atoms with van der Waals surface area (Å²) in [5.74, 6) is -0.216. The van der Waals surface area contributed by atoms with Gasteiger partial charge < -0.3 is 10.1 Å². The molecule has 2 heterocycles. The fourth-order valence-electron chi connectivity index (χ4n) is 2.45. The number of thiazole rings is 1. The van der Waals surface area contributed by atoms with E-state index < -0.39 is 5.60 Å². The van der Waals surface area contributed by atoms with Gasteiger partial charge in [-0.15, -0.1) is 11.3 Å². The summed E-state index contributed by atoms with van der Waals surface area (Å²) in [6.45, 7) is 6.27. The average Bonchev–Trinajstić information content (AvgIpc) is 2.88. The molecule has 0 aliphatic carbocycles. The lowest BCUT2D eigenvalue weighted by atomic mass is 10.0. The number of fused-ring (bicyclic) bond motifs is 1. The summed E-state index contributed by atoms with van der Waals surface area (Å²) in [6, 6.07) is 5.36. The number of aromatic nitrogens is 1. The predicted octanol–water partition coefficient (Wildman–Crippen LogP) is 4.04. The second-order valence-electron chi connectivity index (χ2n) is 6.56. The van der Waals surface area contributed by atoms with Crippen molar-refractivity contribution in [2.75, 3.05) is 6.54 Å². The Morgan fingerprint density at radius 2 is 2.22 bits per heavy atom. The Bertz CT molecular complexity index is 776. The number of nitrogens with one attached hydrogen (secondary N) is 1. The van der Waals surface area contributed by atoms with Crippen LogP contribution in [0.4, 0.5) is 0 Å². The monoisotopic (exact) mass is 350 g/mol. The van der Waals surface area contributed by atoms with Crippen molar-refractivity contribution in [3.05, 3.63) is 34.3 Å². The van der Waals surface area contributed by atoms with Crippen molar-refractivity contribution in [2.24, 2.45) is 0 Å². The third-order valence-electron chi connectivity index (χ3n) is 3.45. The molecule has 0 amide bonds. The van der Waals surface area contributed by atoms with E-state index in [9.17, 15) is 4.79 Å². The Morgan fingerprint density at radius 3 is 2.96 bits per heavy atom. The highest BCUT2D eigenvalue weighted by molar-refractivity contribution is 7.19. The molecule has 0 radical (unpaired) electrons. The minimum atomic E-state index is -0.479. The first-order valence-corrected chi connectivity index (χ1v) is 8.73. The van der Waals surface area contributed by atoms with Gasteiger partial charge >= 0.3 is 5.97 Å². The van der Waals surface area contributed by atoms with E-state index in [1.54, 1.807) is 11.3 Å². The first kappa shape index (κ1) is 16.4. The zero-order valence-corrected chi connectivity index (χ0v) is 14.9. The number of ether oxygens (including phenoxy) is 1. The third kappa shape index (κ3) is 3.91. The fourth-order valence-corrected chi connectivity index (χ4v) is 3.74. The van der Waals surface area contributed by atoms with Gasteiger partial charge in [-0.2, -0.15) is 0 Å². The normalized spacial score (nSPS) is 18.8. The van der Waals surface area contributed by atoms with Gasteiger partial charge in [0.25, 0.3) is 0 Å². The van der Waals surface area contributed by atoms with Crippen molar-refractivity contribution in [1.29, 1.82) is 0 Å². The van der Waals surface area contributed by atoms with Crippen LogP contribution in [0.5, 0.6) is 0 Å². The molecular formula is C17H19ClN2O2S. The highest BCUT2D eigenvalue weighted by Crippen LogP contribution is 2.32. The highest BCUT2D eigenvalue weighted by Gasteiger charge is 2.28. The largest absolute Gasteiger partial charge is 0.459 e. The van der Waals surface area contributed by atoms with Gasteiger partial charge in [0.1, 0.15) is 16.7 Å². The summed E-state index contributed by atoms with van der Waals surface area (Å²) in [7, 11) is 0. The lowest BCUT2D eigenvalue weighted by Crippen LogP contribution is -2.43. The van der Waals surface area contributed by atoms with Crippen LogP contribution >= 0.6 is 22.9 Å². The van der Waals surface area contributed by atoms with Crippen LogP contribution in [0.25, 0.3) is 15.8 Å². The summed E-state index contributed by atoms with van der Waals surface area (Å²) >= 11 is 7.63. The first-order valence-electron chi connectivity index (χ1n) is 7.53. The van der Waals surface area contributed by atoms with Gasteiger partial charge in [-0.1, -0.05) is 17.7 Å². The zero-order chi connectivity index (χ0) is 16.6. The molecule has 1 N–H and O–H groups in total. The number of carbonyl (C=O) groups is 1. The molecule has 6 heteroatoms. The van der Waals surface area contributed by atoms with Gasteiger partial charge in [0.05, 0.1) is 10.2 Å². The maximum absolute atomic E-state index is 12.3. The summed E-state index contributed by atoms with van der Waals surface area (Å²) in [6.07, 6.45) is 2.67. The Hall–Kier alpha value is -1.43. The summed E-state index contributed by atoms with van der Waals surface area (Å²) in [5, 5.41) is 4.84. The number of rotatable bonds is 2. The van der Waals surface area contributed by atoms with E-state index in [-0.39, 0.29) is 12.0 Å².